The van der Waals surface area contributed by atoms with Gasteiger partial charge in [-0.05, 0) is 49.4 Å². The summed E-state index contributed by atoms with van der Waals surface area (Å²) < 4.78 is 5.03. The molecule has 0 fully saturated rings. The van der Waals surface area contributed by atoms with Crippen molar-refractivity contribution in [1.82, 2.24) is 4.98 Å². The molecule has 1 aromatic heterocycles. The van der Waals surface area contributed by atoms with Gasteiger partial charge in [-0.25, -0.2) is 9.78 Å². The Balaban J connectivity index is 1.78. The van der Waals surface area contributed by atoms with Crippen molar-refractivity contribution in [3.63, 3.8) is 0 Å². The van der Waals surface area contributed by atoms with Crippen molar-refractivity contribution >= 4 is 29.1 Å². The zero-order chi connectivity index (χ0) is 20.6. The molecule has 1 amide bonds. The van der Waals surface area contributed by atoms with Gasteiger partial charge in [0.05, 0.1) is 29.5 Å². The van der Waals surface area contributed by atoms with Crippen LogP contribution in [0.1, 0.15) is 33.2 Å². The van der Waals surface area contributed by atoms with Crippen LogP contribution >= 0.6 is 0 Å². The Morgan fingerprint density at radius 3 is 2.72 bits per heavy atom. The summed E-state index contributed by atoms with van der Waals surface area (Å²) in [6.07, 6.45) is 1.50. The predicted octanol–water partition coefficient (Wildman–Crippen LogP) is 4.13. The van der Waals surface area contributed by atoms with E-state index in [1.165, 1.54) is 6.20 Å². The molecule has 7 heteroatoms. The molecule has 0 saturated heterocycles. The number of esters is 1. The highest BCUT2D eigenvalue weighted by molar-refractivity contribution is 6.08. The fourth-order valence-electron chi connectivity index (χ4n) is 2.63. The first-order chi connectivity index (χ1) is 14.1. The molecule has 0 spiro atoms. The molecule has 0 aliphatic heterocycles. The summed E-state index contributed by atoms with van der Waals surface area (Å²) >= 11 is 0. The Bertz CT molecular complexity index is 1090. The molecule has 0 atom stereocenters. The van der Waals surface area contributed by atoms with Crippen LogP contribution in [0.5, 0.6) is 0 Å². The topological polar surface area (TPSA) is 104 Å². The number of benzene rings is 2. The third-order valence-corrected chi connectivity index (χ3v) is 3.96. The van der Waals surface area contributed by atoms with E-state index in [-0.39, 0.29) is 12.2 Å². The second-order valence-electron chi connectivity index (χ2n) is 5.97. The van der Waals surface area contributed by atoms with Crippen molar-refractivity contribution in [2.45, 2.75) is 6.92 Å². The van der Waals surface area contributed by atoms with Gasteiger partial charge in [0.25, 0.3) is 5.91 Å². The van der Waals surface area contributed by atoms with Gasteiger partial charge in [-0.2, -0.15) is 5.26 Å². The van der Waals surface area contributed by atoms with Crippen molar-refractivity contribution in [3.05, 3.63) is 83.6 Å². The van der Waals surface area contributed by atoms with Crippen LogP contribution < -0.4 is 10.6 Å². The van der Waals surface area contributed by atoms with E-state index in [0.29, 0.717) is 28.3 Å². The zero-order valence-corrected chi connectivity index (χ0v) is 15.7. The van der Waals surface area contributed by atoms with Crippen LogP contribution in [0.2, 0.25) is 0 Å². The minimum Gasteiger partial charge on any atom is -0.462 e. The van der Waals surface area contributed by atoms with E-state index < -0.39 is 11.9 Å². The number of nitriles is 1. The molecule has 0 radical (unpaired) electrons. The Labute approximate surface area is 168 Å². The molecular weight excluding hydrogens is 368 g/mol. The van der Waals surface area contributed by atoms with Gasteiger partial charge in [0, 0.05) is 17.4 Å². The number of para-hydroxylation sites is 1. The highest BCUT2D eigenvalue weighted by Crippen LogP contribution is 2.20. The van der Waals surface area contributed by atoms with Crippen molar-refractivity contribution < 1.29 is 14.3 Å². The summed E-state index contributed by atoms with van der Waals surface area (Å²) in [5.74, 6) is -0.442. The molecule has 3 aromatic rings. The standard InChI is InChI=1S/C22H18N4O3/c1-2-29-22(28)18-8-3-4-9-19(18)26-21(27)16-10-11-24-20(13-16)25-17-7-5-6-15(12-17)14-23/h3-13H,2H2,1H3,(H,24,25)(H,26,27). The molecule has 2 N–H and O–H groups in total. The fourth-order valence-corrected chi connectivity index (χ4v) is 2.63. The minimum atomic E-state index is -0.502. The van der Waals surface area contributed by atoms with Crippen LogP contribution in [0.3, 0.4) is 0 Å². The Morgan fingerprint density at radius 2 is 1.93 bits per heavy atom. The molecule has 0 saturated carbocycles. The largest absolute Gasteiger partial charge is 0.462 e. The van der Waals surface area contributed by atoms with Gasteiger partial charge < -0.3 is 15.4 Å². The summed E-state index contributed by atoms with van der Waals surface area (Å²) in [4.78, 5) is 29.0. The van der Waals surface area contributed by atoms with Gasteiger partial charge in [0.15, 0.2) is 0 Å². The number of anilines is 3. The number of pyridine rings is 1. The van der Waals surface area contributed by atoms with Gasteiger partial charge in [0.2, 0.25) is 0 Å². The SMILES string of the molecule is CCOC(=O)c1ccccc1NC(=O)c1ccnc(Nc2cccc(C#N)c2)c1. The van der Waals surface area contributed by atoms with Gasteiger partial charge in [-0.3, -0.25) is 4.79 Å². The predicted molar refractivity (Wildman–Crippen MR) is 109 cm³/mol. The Morgan fingerprint density at radius 1 is 1.10 bits per heavy atom. The van der Waals surface area contributed by atoms with E-state index in [1.54, 1.807) is 67.6 Å². The lowest BCUT2D eigenvalue weighted by Gasteiger charge is -2.11. The first-order valence-electron chi connectivity index (χ1n) is 8.91. The Kier molecular flexibility index (Phi) is 6.18. The van der Waals surface area contributed by atoms with Crippen LogP contribution in [0.15, 0.2) is 66.9 Å². The number of aromatic nitrogens is 1. The number of hydrogen-bond donors (Lipinski definition) is 2. The van der Waals surface area contributed by atoms with Crippen LogP contribution in [0.4, 0.5) is 17.2 Å². The Hall–Kier alpha value is -4.18. The van der Waals surface area contributed by atoms with Crippen molar-refractivity contribution in [1.29, 1.82) is 5.26 Å². The first-order valence-corrected chi connectivity index (χ1v) is 8.91. The fraction of sp³-hybridized carbons (Fsp3) is 0.0909. The maximum atomic E-state index is 12.7. The second kappa shape index (κ2) is 9.15. The average molecular weight is 386 g/mol. The van der Waals surface area contributed by atoms with E-state index in [2.05, 4.69) is 21.7 Å². The number of nitrogens with zero attached hydrogens (tertiary/aromatic N) is 2. The quantitative estimate of drug-likeness (QED) is 0.618. The van der Waals surface area contributed by atoms with E-state index in [4.69, 9.17) is 10.00 Å². The summed E-state index contributed by atoms with van der Waals surface area (Å²) in [6, 6.07) is 18.8. The number of rotatable bonds is 6. The highest BCUT2D eigenvalue weighted by Gasteiger charge is 2.15. The van der Waals surface area contributed by atoms with Crippen LogP contribution in [-0.2, 0) is 4.74 Å². The molecule has 3 rings (SSSR count). The summed E-state index contributed by atoms with van der Waals surface area (Å²) in [5.41, 5.74) is 2.20. The molecule has 7 nitrogen and oxygen atoms in total. The molecular formula is C22H18N4O3. The third-order valence-electron chi connectivity index (χ3n) is 3.96. The van der Waals surface area contributed by atoms with E-state index in [9.17, 15) is 9.59 Å². The lowest BCUT2D eigenvalue weighted by atomic mass is 10.1. The number of amides is 1. The van der Waals surface area contributed by atoms with Crippen molar-refractivity contribution in [2.75, 3.05) is 17.2 Å². The van der Waals surface area contributed by atoms with Gasteiger partial charge in [-0.15, -0.1) is 0 Å². The third kappa shape index (κ3) is 4.96. The van der Waals surface area contributed by atoms with Crippen molar-refractivity contribution in [2.24, 2.45) is 0 Å². The number of ether oxygens (including phenoxy) is 1. The highest BCUT2D eigenvalue weighted by atomic mass is 16.5. The molecule has 0 aliphatic carbocycles. The summed E-state index contributed by atoms with van der Waals surface area (Å²) in [5, 5.41) is 14.8. The summed E-state index contributed by atoms with van der Waals surface area (Å²) in [6.45, 7) is 1.96. The van der Waals surface area contributed by atoms with E-state index in [0.717, 1.165) is 0 Å². The van der Waals surface area contributed by atoms with Crippen LogP contribution in [0, 0.1) is 11.3 Å². The zero-order valence-electron chi connectivity index (χ0n) is 15.7. The lowest BCUT2D eigenvalue weighted by molar-refractivity contribution is 0.0527. The van der Waals surface area contributed by atoms with Crippen LogP contribution in [0.25, 0.3) is 0 Å². The van der Waals surface area contributed by atoms with Gasteiger partial charge >= 0.3 is 5.97 Å². The number of carbonyl (C=O) groups is 2. The minimum absolute atomic E-state index is 0.244. The molecule has 2 aromatic carbocycles. The average Bonchev–Trinajstić information content (AvgIpc) is 2.74. The van der Waals surface area contributed by atoms with Crippen molar-refractivity contribution in [3.8, 4) is 6.07 Å². The van der Waals surface area contributed by atoms with Crippen LogP contribution in [-0.4, -0.2) is 23.5 Å². The maximum absolute atomic E-state index is 12.7. The maximum Gasteiger partial charge on any atom is 0.340 e. The molecule has 0 unspecified atom stereocenters. The van der Waals surface area contributed by atoms with E-state index >= 15 is 0 Å². The normalized spacial score (nSPS) is 9.93. The number of nitrogens with one attached hydrogen (secondary N) is 2. The number of hydrogen-bond acceptors (Lipinski definition) is 6. The molecule has 29 heavy (non-hydrogen) atoms. The molecule has 1 heterocycles. The monoisotopic (exact) mass is 386 g/mol. The lowest BCUT2D eigenvalue weighted by Crippen LogP contribution is -2.16. The summed E-state index contributed by atoms with van der Waals surface area (Å²) in [7, 11) is 0. The molecule has 144 valence electrons. The number of carbonyl (C=O) groups excluding carboxylic acids is 2. The van der Waals surface area contributed by atoms with Gasteiger partial charge in [-0.1, -0.05) is 18.2 Å². The molecule has 0 aliphatic rings. The second-order valence-corrected chi connectivity index (χ2v) is 5.97. The van der Waals surface area contributed by atoms with Gasteiger partial charge in [0.1, 0.15) is 5.82 Å². The molecule has 0 bridgehead atoms. The van der Waals surface area contributed by atoms with E-state index in [1.807, 2.05) is 0 Å². The smallest absolute Gasteiger partial charge is 0.340 e. The first kappa shape index (κ1) is 19.6.